The van der Waals surface area contributed by atoms with Gasteiger partial charge in [-0.1, -0.05) is 59.4 Å². The lowest BCUT2D eigenvalue weighted by Crippen LogP contribution is -2.02. The van der Waals surface area contributed by atoms with Crippen molar-refractivity contribution in [2.24, 2.45) is 0 Å². The van der Waals surface area contributed by atoms with Gasteiger partial charge in [0.05, 0.1) is 0 Å². The first-order valence-electron chi connectivity index (χ1n) is 5.26. The Morgan fingerprint density at radius 3 is 2.20 bits per heavy atom. The molecule has 3 heteroatoms. The number of fused-ring (bicyclic) bond motifs is 1. The fraction of sp³-hybridized carbons (Fsp3) is 0.500. The van der Waals surface area contributed by atoms with Gasteiger partial charge in [0.15, 0.2) is 0 Å². The molecule has 15 heavy (non-hydrogen) atoms. The van der Waals surface area contributed by atoms with Gasteiger partial charge in [-0.2, -0.15) is 0 Å². The fourth-order valence-corrected chi connectivity index (χ4v) is 2.44. The Morgan fingerprint density at radius 2 is 1.53 bits per heavy atom. The van der Waals surface area contributed by atoms with Gasteiger partial charge in [-0.05, 0) is 36.8 Å². The summed E-state index contributed by atoms with van der Waals surface area (Å²) in [6, 6.07) is 6.09. The van der Waals surface area contributed by atoms with E-state index in [0.29, 0.717) is 0 Å². The van der Waals surface area contributed by atoms with Gasteiger partial charge in [0, 0.05) is 5.56 Å². The molecule has 1 aromatic carbocycles. The second-order valence-electron chi connectivity index (χ2n) is 4.04. The Labute approximate surface area is 106 Å². The summed E-state index contributed by atoms with van der Waals surface area (Å²) in [5.74, 6) is 0. The molecular weight excluding hydrogens is 250 g/mol. The van der Waals surface area contributed by atoms with Crippen LogP contribution in [0.5, 0.6) is 0 Å². The van der Waals surface area contributed by atoms with Crippen LogP contribution in [0.25, 0.3) is 0 Å². The van der Waals surface area contributed by atoms with Crippen molar-refractivity contribution in [2.75, 3.05) is 0 Å². The van der Waals surface area contributed by atoms with Crippen molar-refractivity contribution in [3.05, 3.63) is 34.9 Å². The highest BCUT2D eigenvalue weighted by Gasteiger charge is 2.23. The highest BCUT2D eigenvalue weighted by atomic mass is 35.6. The number of rotatable bonds is 0. The molecule has 1 aliphatic carbocycles. The number of hydrogen-bond acceptors (Lipinski definition) is 0. The van der Waals surface area contributed by atoms with Crippen molar-refractivity contribution in [1.82, 2.24) is 0 Å². The Balaban J connectivity index is 2.36. The van der Waals surface area contributed by atoms with Gasteiger partial charge in [0.2, 0.25) is 3.79 Å². The molecule has 0 aromatic heterocycles. The fourth-order valence-electron chi connectivity index (χ4n) is 2.09. The Hall–Kier alpha value is 0.0900. The van der Waals surface area contributed by atoms with Crippen molar-refractivity contribution in [2.45, 2.75) is 35.9 Å². The minimum Gasteiger partial charge on any atom is -0.0784 e. The normalized spacial score (nSPS) is 17.0. The highest BCUT2D eigenvalue weighted by Crippen LogP contribution is 2.39. The predicted octanol–water partition coefficient (Wildman–Crippen LogP) is 4.78. The van der Waals surface area contributed by atoms with Gasteiger partial charge in [-0.25, -0.2) is 0 Å². The second kappa shape index (κ2) is 4.53. The third kappa shape index (κ3) is 2.81. The first-order valence-corrected chi connectivity index (χ1v) is 6.40. The molecule has 1 aliphatic rings. The molecule has 0 fully saturated rings. The maximum atomic E-state index is 5.87. The molecule has 0 amide bonds. The summed E-state index contributed by atoms with van der Waals surface area (Å²) in [7, 11) is 0. The number of alkyl halides is 3. The molecule has 0 nitrogen and oxygen atoms in total. The van der Waals surface area contributed by atoms with Gasteiger partial charge >= 0.3 is 0 Å². The molecule has 0 bridgehead atoms. The van der Waals surface area contributed by atoms with Crippen LogP contribution in [0.3, 0.4) is 0 Å². The van der Waals surface area contributed by atoms with Crippen molar-refractivity contribution in [3.63, 3.8) is 0 Å². The van der Waals surface area contributed by atoms with Crippen molar-refractivity contribution in [1.29, 1.82) is 0 Å². The van der Waals surface area contributed by atoms with Crippen molar-refractivity contribution < 1.29 is 0 Å². The summed E-state index contributed by atoms with van der Waals surface area (Å²) in [5, 5.41) is 0. The maximum Gasteiger partial charge on any atom is 0.216 e. The number of hydrogen-bond donors (Lipinski definition) is 0. The minimum absolute atomic E-state index is 0.785. The molecule has 0 saturated heterocycles. The van der Waals surface area contributed by atoms with E-state index in [0.717, 1.165) is 18.4 Å². The SMILES string of the molecule is ClC(Cl)(Cl)c1ccc2c(c1)CCCCC2. The van der Waals surface area contributed by atoms with Gasteiger partial charge < -0.3 is 0 Å². The largest absolute Gasteiger partial charge is 0.216 e. The standard InChI is InChI=1S/C12H13Cl3/c13-12(14,15)11-7-6-9-4-2-1-3-5-10(9)8-11/h6-8H,1-5H2. The van der Waals surface area contributed by atoms with Crippen LogP contribution in [-0.2, 0) is 16.6 Å². The number of halogens is 3. The summed E-state index contributed by atoms with van der Waals surface area (Å²) in [6.45, 7) is 0. The molecule has 82 valence electrons. The van der Waals surface area contributed by atoms with E-state index in [1.807, 2.05) is 12.1 Å². The molecule has 0 unspecified atom stereocenters. The van der Waals surface area contributed by atoms with Crippen LogP contribution in [0.2, 0.25) is 0 Å². The van der Waals surface area contributed by atoms with E-state index in [4.69, 9.17) is 34.8 Å². The number of aryl methyl sites for hydroxylation is 2. The van der Waals surface area contributed by atoms with E-state index in [2.05, 4.69) is 6.07 Å². The van der Waals surface area contributed by atoms with E-state index < -0.39 is 3.79 Å². The van der Waals surface area contributed by atoms with Crippen LogP contribution < -0.4 is 0 Å². The average Bonchev–Trinajstić information content (AvgIpc) is 2.39. The van der Waals surface area contributed by atoms with Crippen LogP contribution in [0.1, 0.15) is 36.0 Å². The maximum absolute atomic E-state index is 5.87. The second-order valence-corrected chi connectivity index (χ2v) is 6.32. The topological polar surface area (TPSA) is 0 Å². The summed E-state index contributed by atoms with van der Waals surface area (Å²) < 4.78 is -1.29. The Kier molecular flexibility index (Phi) is 3.49. The first kappa shape index (κ1) is 11.6. The lowest BCUT2D eigenvalue weighted by molar-refractivity contribution is 0.711. The van der Waals surface area contributed by atoms with Crippen LogP contribution in [0.15, 0.2) is 18.2 Å². The zero-order valence-electron chi connectivity index (χ0n) is 8.40. The van der Waals surface area contributed by atoms with Crippen molar-refractivity contribution in [3.8, 4) is 0 Å². The lowest BCUT2D eigenvalue weighted by Gasteiger charge is -2.14. The molecule has 0 N–H and O–H groups in total. The minimum atomic E-state index is -1.29. The van der Waals surface area contributed by atoms with Gasteiger partial charge in [0.1, 0.15) is 0 Å². The Bertz CT molecular complexity index is 352. The highest BCUT2D eigenvalue weighted by molar-refractivity contribution is 6.66. The van der Waals surface area contributed by atoms with E-state index in [1.165, 1.54) is 30.4 Å². The first-order chi connectivity index (χ1) is 7.07. The quantitative estimate of drug-likeness (QED) is 0.467. The summed E-state index contributed by atoms with van der Waals surface area (Å²) in [4.78, 5) is 0. The van der Waals surface area contributed by atoms with E-state index >= 15 is 0 Å². The smallest absolute Gasteiger partial charge is 0.0784 e. The van der Waals surface area contributed by atoms with Gasteiger partial charge in [-0.15, -0.1) is 0 Å². The summed E-state index contributed by atoms with van der Waals surface area (Å²) >= 11 is 17.6. The monoisotopic (exact) mass is 262 g/mol. The molecule has 0 spiro atoms. The summed E-state index contributed by atoms with van der Waals surface area (Å²) in [5.41, 5.74) is 3.56. The van der Waals surface area contributed by atoms with E-state index in [9.17, 15) is 0 Å². The summed E-state index contributed by atoms with van der Waals surface area (Å²) in [6.07, 6.45) is 6.10. The molecule has 0 saturated carbocycles. The zero-order valence-corrected chi connectivity index (χ0v) is 10.7. The average molecular weight is 264 g/mol. The zero-order chi connectivity index (χ0) is 10.9. The third-order valence-corrected chi connectivity index (χ3v) is 3.58. The van der Waals surface area contributed by atoms with Gasteiger partial charge in [0.25, 0.3) is 0 Å². The molecule has 2 rings (SSSR count). The molecule has 0 atom stereocenters. The van der Waals surface area contributed by atoms with E-state index in [-0.39, 0.29) is 0 Å². The molecule has 1 aromatic rings. The third-order valence-electron chi connectivity index (χ3n) is 2.93. The molecule has 0 heterocycles. The number of benzene rings is 1. The van der Waals surface area contributed by atoms with Crippen molar-refractivity contribution >= 4 is 34.8 Å². The lowest BCUT2D eigenvalue weighted by atomic mass is 10.0. The molecular formula is C12H13Cl3. The van der Waals surface area contributed by atoms with Crippen LogP contribution in [-0.4, -0.2) is 0 Å². The van der Waals surface area contributed by atoms with E-state index in [1.54, 1.807) is 0 Å². The van der Waals surface area contributed by atoms with Crippen LogP contribution in [0, 0.1) is 0 Å². The van der Waals surface area contributed by atoms with Crippen LogP contribution in [0.4, 0.5) is 0 Å². The molecule has 0 aliphatic heterocycles. The molecule has 0 radical (unpaired) electrons. The van der Waals surface area contributed by atoms with Gasteiger partial charge in [-0.3, -0.25) is 0 Å². The predicted molar refractivity (Wildman–Crippen MR) is 66.9 cm³/mol. The van der Waals surface area contributed by atoms with Crippen LogP contribution >= 0.6 is 34.8 Å². The Morgan fingerprint density at radius 1 is 0.867 bits per heavy atom.